The maximum absolute atomic E-state index is 14.9. The highest BCUT2D eigenvalue weighted by molar-refractivity contribution is 5.95. The molecule has 0 saturated carbocycles. The van der Waals surface area contributed by atoms with E-state index in [0.717, 1.165) is 53.5 Å². The fourth-order valence-corrected chi connectivity index (χ4v) is 4.74. The summed E-state index contributed by atoms with van der Waals surface area (Å²) in [6.45, 7) is 4.10. The fraction of sp³-hybridized carbons (Fsp3) is 0.346. The Labute approximate surface area is 181 Å². The van der Waals surface area contributed by atoms with Crippen molar-refractivity contribution in [3.63, 3.8) is 0 Å². The van der Waals surface area contributed by atoms with E-state index in [4.69, 9.17) is 6.42 Å². The minimum absolute atomic E-state index is 0.113. The standard InChI is InChI=1S/C26H26F2N2O/c1-4-7-8-19-15-21-20-13-16(5-2)14-22(28)24(20)29-25(21)26(30(19)23(31)6-3)17-9-11-18(27)12-10-17/h3,9-14,19,26,29H,4-5,7-8,15H2,1-2H3/t19-,26-/m0/s1. The van der Waals surface area contributed by atoms with Gasteiger partial charge in [0.05, 0.1) is 11.6 Å². The molecule has 0 radical (unpaired) electrons. The molecule has 0 unspecified atom stereocenters. The van der Waals surface area contributed by atoms with Crippen LogP contribution < -0.4 is 0 Å². The van der Waals surface area contributed by atoms with Crippen LogP contribution in [0.4, 0.5) is 8.78 Å². The van der Waals surface area contributed by atoms with Crippen molar-refractivity contribution < 1.29 is 13.6 Å². The highest BCUT2D eigenvalue weighted by Crippen LogP contribution is 2.42. The summed E-state index contributed by atoms with van der Waals surface area (Å²) >= 11 is 0. The van der Waals surface area contributed by atoms with Crippen molar-refractivity contribution in [1.29, 1.82) is 0 Å². The van der Waals surface area contributed by atoms with Crippen molar-refractivity contribution in [2.24, 2.45) is 0 Å². The number of nitrogens with zero attached hydrogens (tertiary/aromatic N) is 1. The van der Waals surface area contributed by atoms with E-state index in [1.165, 1.54) is 12.1 Å². The number of hydrogen-bond acceptors (Lipinski definition) is 1. The first kappa shape index (κ1) is 21.1. The molecule has 0 aliphatic carbocycles. The van der Waals surface area contributed by atoms with E-state index in [1.807, 2.05) is 13.0 Å². The Hall–Kier alpha value is -3.13. The average Bonchev–Trinajstić information content (AvgIpc) is 3.15. The molecule has 4 rings (SSSR count). The summed E-state index contributed by atoms with van der Waals surface area (Å²) in [5.74, 6) is 1.21. The van der Waals surface area contributed by atoms with Gasteiger partial charge in [-0.3, -0.25) is 4.79 Å². The molecular formula is C26H26F2N2O. The van der Waals surface area contributed by atoms with Gasteiger partial charge in [-0.25, -0.2) is 8.78 Å². The normalized spacial score (nSPS) is 18.1. The van der Waals surface area contributed by atoms with Crippen molar-refractivity contribution in [2.45, 2.75) is 58.0 Å². The zero-order chi connectivity index (χ0) is 22.1. The molecule has 0 fully saturated rings. The first-order chi connectivity index (χ1) is 15.0. The summed E-state index contributed by atoms with van der Waals surface area (Å²) in [6.07, 6.45) is 9.61. The highest BCUT2D eigenvalue weighted by atomic mass is 19.1. The minimum atomic E-state index is -0.522. The van der Waals surface area contributed by atoms with Crippen LogP contribution in [0.25, 0.3) is 10.9 Å². The summed E-state index contributed by atoms with van der Waals surface area (Å²) in [6, 6.07) is 9.04. The second-order valence-corrected chi connectivity index (χ2v) is 8.18. The molecule has 1 aliphatic heterocycles. The predicted molar refractivity (Wildman–Crippen MR) is 119 cm³/mol. The number of aryl methyl sites for hydroxylation is 1. The molecule has 2 atom stereocenters. The molecule has 1 aromatic heterocycles. The first-order valence-corrected chi connectivity index (χ1v) is 10.9. The molecule has 31 heavy (non-hydrogen) atoms. The molecule has 160 valence electrons. The van der Waals surface area contributed by atoms with Crippen LogP contribution in [-0.2, 0) is 17.6 Å². The Morgan fingerprint density at radius 2 is 1.97 bits per heavy atom. The lowest BCUT2D eigenvalue weighted by molar-refractivity contribution is -0.130. The van der Waals surface area contributed by atoms with Crippen LogP contribution in [-0.4, -0.2) is 21.8 Å². The average molecular weight is 421 g/mol. The number of nitrogens with one attached hydrogen (secondary N) is 1. The van der Waals surface area contributed by atoms with Gasteiger partial charge in [-0.05, 0) is 66.1 Å². The lowest BCUT2D eigenvalue weighted by Gasteiger charge is -2.41. The number of halogens is 2. The number of fused-ring (bicyclic) bond motifs is 3. The Kier molecular flexibility index (Phi) is 5.82. The van der Waals surface area contributed by atoms with Gasteiger partial charge in [-0.1, -0.05) is 38.8 Å². The molecule has 3 aromatic rings. The van der Waals surface area contributed by atoms with Crippen molar-refractivity contribution >= 4 is 16.8 Å². The van der Waals surface area contributed by atoms with Gasteiger partial charge in [0.2, 0.25) is 0 Å². The largest absolute Gasteiger partial charge is 0.354 e. The highest BCUT2D eigenvalue weighted by Gasteiger charge is 2.40. The van der Waals surface area contributed by atoms with Crippen molar-refractivity contribution in [3.05, 3.63) is 70.4 Å². The Morgan fingerprint density at radius 3 is 2.61 bits per heavy atom. The maximum Gasteiger partial charge on any atom is 0.299 e. The third-order valence-corrected chi connectivity index (χ3v) is 6.29. The Morgan fingerprint density at radius 1 is 1.23 bits per heavy atom. The van der Waals surface area contributed by atoms with E-state index in [2.05, 4.69) is 17.8 Å². The monoisotopic (exact) mass is 420 g/mol. The van der Waals surface area contributed by atoms with E-state index in [1.54, 1.807) is 23.1 Å². The molecule has 3 nitrogen and oxygen atoms in total. The maximum atomic E-state index is 14.9. The zero-order valence-corrected chi connectivity index (χ0v) is 17.8. The number of carbonyl (C=O) groups excluding carboxylic acids is 1. The lowest BCUT2D eigenvalue weighted by atomic mass is 9.86. The van der Waals surface area contributed by atoms with Gasteiger partial charge in [0, 0.05) is 17.1 Å². The molecule has 5 heteroatoms. The van der Waals surface area contributed by atoms with Crippen molar-refractivity contribution in [3.8, 4) is 12.3 Å². The second-order valence-electron chi connectivity index (χ2n) is 8.18. The number of benzene rings is 2. The Bertz CT molecular complexity index is 1160. The third-order valence-electron chi connectivity index (χ3n) is 6.29. The number of H-pyrrole nitrogens is 1. The SMILES string of the molecule is C#CC(=O)N1[C@@H](CCCC)Cc2c([nH]c3c(F)cc(CC)cc23)[C@@H]1c1ccc(F)cc1. The van der Waals surface area contributed by atoms with Gasteiger partial charge in [0.25, 0.3) is 5.91 Å². The van der Waals surface area contributed by atoms with Crippen LogP contribution in [0, 0.1) is 24.0 Å². The van der Waals surface area contributed by atoms with Gasteiger partial charge < -0.3 is 9.88 Å². The molecule has 0 bridgehead atoms. The molecule has 2 aromatic carbocycles. The molecule has 0 spiro atoms. The van der Waals surface area contributed by atoms with E-state index >= 15 is 0 Å². The molecule has 1 aliphatic rings. The summed E-state index contributed by atoms with van der Waals surface area (Å²) in [5.41, 5.74) is 3.89. The van der Waals surface area contributed by atoms with Crippen LogP contribution in [0.1, 0.15) is 61.5 Å². The molecule has 1 amide bonds. The fourth-order valence-electron chi connectivity index (χ4n) is 4.74. The van der Waals surface area contributed by atoms with Crippen LogP contribution in [0.5, 0.6) is 0 Å². The molecule has 0 saturated heterocycles. The quantitative estimate of drug-likeness (QED) is 0.530. The number of aromatic nitrogens is 1. The summed E-state index contributed by atoms with van der Waals surface area (Å²) in [5, 5.41) is 0.855. The predicted octanol–water partition coefficient (Wildman–Crippen LogP) is 5.67. The topological polar surface area (TPSA) is 36.1 Å². The summed E-state index contributed by atoms with van der Waals surface area (Å²) < 4.78 is 28.6. The van der Waals surface area contributed by atoms with E-state index in [-0.39, 0.29) is 17.7 Å². The number of unbranched alkanes of at least 4 members (excludes halogenated alkanes) is 1. The number of carbonyl (C=O) groups is 1. The van der Waals surface area contributed by atoms with Crippen LogP contribution in [0.3, 0.4) is 0 Å². The molecular weight excluding hydrogens is 394 g/mol. The van der Waals surface area contributed by atoms with Gasteiger partial charge in [0.15, 0.2) is 0 Å². The third kappa shape index (κ3) is 3.72. The van der Waals surface area contributed by atoms with Crippen molar-refractivity contribution in [2.75, 3.05) is 0 Å². The van der Waals surface area contributed by atoms with E-state index < -0.39 is 11.9 Å². The number of amides is 1. The number of rotatable bonds is 5. The zero-order valence-electron chi connectivity index (χ0n) is 17.8. The van der Waals surface area contributed by atoms with Crippen LogP contribution in [0.2, 0.25) is 0 Å². The summed E-state index contributed by atoms with van der Waals surface area (Å²) in [7, 11) is 0. The number of aromatic amines is 1. The number of hydrogen-bond donors (Lipinski definition) is 1. The molecule has 2 heterocycles. The number of terminal acetylenes is 1. The van der Waals surface area contributed by atoms with Gasteiger partial charge >= 0.3 is 0 Å². The van der Waals surface area contributed by atoms with Gasteiger partial charge in [-0.15, -0.1) is 6.42 Å². The van der Waals surface area contributed by atoms with Crippen molar-refractivity contribution in [1.82, 2.24) is 9.88 Å². The minimum Gasteiger partial charge on any atom is -0.354 e. The first-order valence-electron chi connectivity index (χ1n) is 10.9. The van der Waals surface area contributed by atoms with E-state index in [0.29, 0.717) is 11.9 Å². The van der Waals surface area contributed by atoms with Gasteiger partial charge in [0.1, 0.15) is 11.6 Å². The lowest BCUT2D eigenvalue weighted by Crippen LogP contribution is -2.47. The van der Waals surface area contributed by atoms with Crippen LogP contribution in [0.15, 0.2) is 36.4 Å². The smallest absolute Gasteiger partial charge is 0.299 e. The summed E-state index contributed by atoms with van der Waals surface area (Å²) in [4.78, 5) is 17.9. The Balaban J connectivity index is 1.97. The van der Waals surface area contributed by atoms with E-state index in [9.17, 15) is 13.6 Å². The van der Waals surface area contributed by atoms with Crippen LogP contribution >= 0.6 is 0 Å². The molecule has 1 N–H and O–H groups in total. The van der Waals surface area contributed by atoms with Gasteiger partial charge in [-0.2, -0.15) is 0 Å². The second kappa shape index (κ2) is 8.55.